The molecule has 1 aliphatic rings. The van der Waals surface area contributed by atoms with Gasteiger partial charge in [-0.05, 0) is 86.9 Å². The smallest absolute Gasteiger partial charge is 0.425 e. The van der Waals surface area contributed by atoms with Crippen molar-refractivity contribution in [3.63, 3.8) is 0 Å². The number of aromatic nitrogens is 2. The standard InChI is InChI=1S/C32H34ClN5O5S/c1-32(2,3)43-31(42)38(30(40)41)28-24-7-6-21(14-23(24)8-11-35-28)17-36-29(39)26-15-25(33)27(44-26)19-37-12-9-22(18-37)13-20-5-4-10-34-16-20/h4-8,10-11,14-16,22H,9,12-13,17-19H2,1-3H3,(H,36,39)(H,40,41)/t22-/m0/s1. The van der Waals surface area contributed by atoms with Gasteiger partial charge >= 0.3 is 12.2 Å². The van der Waals surface area contributed by atoms with Gasteiger partial charge in [-0.2, -0.15) is 4.90 Å². The van der Waals surface area contributed by atoms with Gasteiger partial charge in [0.15, 0.2) is 5.82 Å². The van der Waals surface area contributed by atoms with Gasteiger partial charge in [-0.15, -0.1) is 11.3 Å². The summed E-state index contributed by atoms with van der Waals surface area (Å²) in [6, 6.07) is 12.8. The van der Waals surface area contributed by atoms with Gasteiger partial charge in [0.05, 0.1) is 9.90 Å². The molecule has 1 saturated heterocycles. The molecule has 4 heterocycles. The lowest BCUT2D eigenvalue weighted by Crippen LogP contribution is -2.40. The third-order valence-corrected chi connectivity index (χ3v) is 8.77. The molecule has 3 aromatic heterocycles. The van der Waals surface area contributed by atoms with Crippen molar-refractivity contribution in [3.05, 3.63) is 87.0 Å². The third kappa shape index (κ3) is 7.71. The van der Waals surface area contributed by atoms with Crippen molar-refractivity contribution < 1.29 is 24.2 Å². The molecule has 0 bridgehead atoms. The number of anilines is 1. The molecule has 5 rings (SSSR count). The van der Waals surface area contributed by atoms with Crippen LogP contribution in [0.15, 0.2) is 61.1 Å². The highest BCUT2D eigenvalue weighted by Gasteiger charge is 2.31. The Morgan fingerprint density at radius 2 is 1.98 bits per heavy atom. The number of nitrogens with one attached hydrogen (secondary N) is 1. The van der Waals surface area contributed by atoms with Crippen molar-refractivity contribution in [2.24, 2.45) is 5.92 Å². The van der Waals surface area contributed by atoms with Crippen molar-refractivity contribution in [3.8, 4) is 0 Å². The highest BCUT2D eigenvalue weighted by molar-refractivity contribution is 7.14. The topological polar surface area (TPSA) is 125 Å². The van der Waals surface area contributed by atoms with Gasteiger partial charge in [-0.3, -0.25) is 14.7 Å². The normalized spacial score (nSPS) is 15.3. The number of benzene rings is 1. The van der Waals surface area contributed by atoms with Crippen LogP contribution >= 0.6 is 22.9 Å². The number of amides is 3. The van der Waals surface area contributed by atoms with Crippen LogP contribution in [-0.4, -0.2) is 56.8 Å². The first-order chi connectivity index (χ1) is 21.0. The number of thiophene rings is 1. The van der Waals surface area contributed by atoms with Crippen molar-refractivity contribution in [1.29, 1.82) is 0 Å². The Balaban J connectivity index is 1.21. The van der Waals surface area contributed by atoms with Crippen molar-refractivity contribution >= 4 is 57.6 Å². The number of nitrogens with zero attached hydrogens (tertiary/aromatic N) is 4. The average molecular weight is 636 g/mol. The lowest BCUT2D eigenvalue weighted by Gasteiger charge is -2.24. The zero-order chi connectivity index (χ0) is 31.4. The molecule has 3 amide bonds. The molecule has 44 heavy (non-hydrogen) atoms. The molecule has 0 saturated carbocycles. The lowest BCUT2D eigenvalue weighted by molar-refractivity contribution is 0.0581. The number of carbonyl (C=O) groups excluding carboxylic acids is 2. The average Bonchev–Trinajstić information content (AvgIpc) is 3.57. The Morgan fingerprint density at radius 1 is 1.16 bits per heavy atom. The molecule has 0 aliphatic carbocycles. The fourth-order valence-corrected chi connectivity index (χ4v) is 6.60. The molecule has 1 aromatic carbocycles. The van der Waals surface area contributed by atoms with Gasteiger partial charge in [0.2, 0.25) is 0 Å². The van der Waals surface area contributed by atoms with Crippen molar-refractivity contribution in [2.45, 2.75) is 52.3 Å². The minimum absolute atomic E-state index is 0.0537. The summed E-state index contributed by atoms with van der Waals surface area (Å²) >= 11 is 7.95. The van der Waals surface area contributed by atoms with Crippen LogP contribution in [0.4, 0.5) is 15.4 Å². The van der Waals surface area contributed by atoms with Crippen LogP contribution in [0.5, 0.6) is 0 Å². The first-order valence-electron chi connectivity index (χ1n) is 14.3. The first kappa shape index (κ1) is 31.4. The molecule has 12 heteroatoms. The second-order valence-corrected chi connectivity index (χ2v) is 13.4. The Labute approximate surface area is 264 Å². The Bertz CT molecular complexity index is 1670. The van der Waals surface area contributed by atoms with E-state index in [1.807, 2.05) is 18.3 Å². The number of carboxylic acid groups (broad SMARTS) is 1. The first-order valence-corrected chi connectivity index (χ1v) is 15.5. The van der Waals surface area contributed by atoms with Crippen LogP contribution in [0.3, 0.4) is 0 Å². The van der Waals surface area contributed by atoms with E-state index in [0.29, 0.717) is 38.0 Å². The van der Waals surface area contributed by atoms with E-state index in [4.69, 9.17) is 16.3 Å². The van der Waals surface area contributed by atoms with Crippen LogP contribution in [0, 0.1) is 5.92 Å². The van der Waals surface area contributed by atoms with E-state index in [0.717, 1.165) is 36.4 Å². The summed E-state index contributed by atoms with van der Waals surface area (Å²) in [6.07, 6.45) is 4.72. The largest absolute Gasteiger partial charge is 0.464 e. The fraction of sp³-hybridized carbons (Fsp3) is 0.344. The van der Waals surface area contributed by atoms with E-state index >= 15 is 0 Å². The van der Waals surface area contributed by atoms with E-state index in [-0.39, 0.29) is 18.3 Å². The number of likely N-dealkylation sites (tertiary alicyclic amines) is 1. The predicted molar refractivity (Wildman–Crippen MR) is 170 cm³/mol. The minimum Gasteiger partial charge on any atom is -0.464 e. The highest BCUT2D eigenvalue weighted by Crippen LogP contribution is 2.31. The number of halogens is 1. The molecule has 10 nitrogen and oxygen atoms in total. The van der Waals surface area contributed by atoms with Gasteiger partial charge in [0, 0.05) is 48.5 Å². The number of carbonyl (C=O) groups is 3. The summed E-state index contributed by atoms with van der Waals surface area (Å²) in [5.41, 5.74) is 1.16. The quantitative estimate of drug-likeness (QED) is 0.218. The number of hydrogen-bond acceptors (Lipinski definition) is 8. The molecule has 0 radical (unpaired) electrons. The lowest BCUT2D eigenvalue weighted by atomic mass is 10.0. The van der Waals surface area contributed by atoms with Crippen LogP contribution in [-0.2, 0) is 24.2 Å². The molecule has 1 aliphatic heterocycles. The van der Waals surface area contributed by atoms with Gasteiger partial charge in [-0.1, -0.05) is 29.8 Å². The molecule has 1 fully saturated rings. The Morgan fingerprint density at radius 3 is 2.70 bits per heavy atom. The zero-order valence-corrected chi connectivity index (χ0v) is 26.3. The van der Waals surface area contributed by atoms with Crippen LogP contribution < -0.4 is 10.2 Å². The highest BCUT2D eigenvalue weighted by atomic mass is 35.5. The van der Waals surface area contributed by atoms with E-state index < -0.39 is 17.8 Å². The SMILES string of the molecule is CC(C)(C)OC(=O)N(C(=O)O)c1nccc2cc(CNC(=O)c3cc(Cl)c(CN4CC[C@@H](Cc5cccnc5)C4)s3)ccc12. The molecule has 0 unspecified atom stereocenters. The molecule has 1 atom stereocenters. The van der Waals surface area contributed by atoms with Gasteiger partial charge in [0.1, 0.15) is 5.60 Å². The van der Waals surface area contributed by atoms with Crippen molar-refractivity contribution in [2.75, 3.05) is 18.0 Å². The molecular formula is C32H34ClN5O5S. The molecule has 4 aromatic rings. The summed E-state index contributed by atoms with van der Waals surface area (Å²) in [4.78, 5) is 50.4. The Hall–Kier alpha value is -4.06. The van der Waals surface area contributed by atoms with E-state index in [9.17, 15) is 19.5 Å². The van der Waals surface area contributed by atoms with Crippen molar-refractivity contribution in [1.82, 2.24) is 20.2 Å². The number of fused-ring (bicyclic) bond motifs is 1. The zero-order valence-electron chi connectivity index (χ0n) is 24.7. The maximum Gasteiger partial charge on any atom is 0.425 e. The van der Waals surface area contributed by atoms with Gasteiger partial charge in [0.25, 0.3) is 5.91 Å². The van der Waals surface area contributed by atoms with E-state index in [1.54, 1.807) is 51.2 Å². The molecule has 2 N–H and O–H groups in total. The van der Waals surface area contributed by atoms with E-state index in [1.165, 1.54) is 23.1 Å². The summed E-state index contributed by atoms with van der Waals surface area (Å²) in [6.45, 7) is 7.88. The summed E-state index contributed by atoms with van der Waals surface area (Å²) in [7, 11) is 0. The monoisotopic (exact) mass is 635 g/mol. The molecule has 230 valence electrons. The number of ether oxygens (including phenoxy) is 1. The number of rotatable bonds is 8. The number of imide groups is 1. The van der Waals surface area contributed by atoms with Crippen LogP contribution in [0.2, 0.25) is 5.02 Å². The van der Waals surface area contributed by atoms with Gasteiger partial charge in [-0.25, -0.2) is 14.6 Å². The Kier molecular flexibility index (Phi) is 9.48. The maximum atomic E-state index is 13.0. The summed E-state index contributed by atoms with van der Waals surface area (Å²) in [5.74, 6) is 0.289. The maximum absolute atomic E-state index is 13.0. The molecular weight excluding hydrogens is 602 g/mol. The minimum atomic E-state index is -1.50. The van der Waals surface area contributed by atoms with Gasteiger partial charge < -0.3 is 15.2 Å². The molecule has 0 spiro atoms. The number of pyridine rings is 2. The second-order valence-electron chi connectivity index (χ2n) is 11.8. The third-order valence-electron chi connectivity index (χ3n) is 7.21. The predicted octanol–water partition coefficient (Wildman–Crippen LogP) is 6.76. The van der Waals surface area contributed by atoms with Crippen LogP contribution in [0.25, 0.3) is 10.8 Å². The summed E-state index contributed by atoms with van der Waals surface area (Å²) < 4.78 is 5.27. The summed E-state index contributed by atoms with van der Waals surface area (Å²) in [5, 5.41) is 14.4. The number of hydrogen-bond donors (Lipinski definition) is 2. The van der Waals surface area contributed by atoms with Crippen LogP contribution in [0.1, 0.15) is 52.9 Å². The fourth-order valence-electron chi connectivity index (χ4n) is 5.24. The van der Waals surface area contributed by atoms with E-state index in [2.05, 4.69) is 26.3 Å². The second kappa shape index (κ2) is 13.3.